The minimum atomic E-state index is -0.500. The molecular formula is C18H22N2O2. The summed E-state index contributed by atoms with van der Waals surface area (Å²) in [5.74, 6) is 0. The molecule has 0 N–H and O–H groups in total. The van der Waals surface area contributed by atoms with Crippen molar-refractivity contribution in [3.8, 4) is 0 Å². The molecule has 1 aliphatic rings. The number of hydrogen-bond donors (Lipinski definition) is 0. The van der Waals surface area contributed by atoms with E-state index in [9.17, 15) is 0 Å². The Morgan fingerprint density at radius 1 is 1.09 bits per heavy atom. The summed E-state index contributed by atoms with van der Waals surface area (Å²) in [4.78, 5) is 10.6. The summed E-state index contributed by atoms with van der Waals surface area (Å²) >= 11 is 0. The fourth-order valence-corrected chi connectivity index (χ4v) is 2.81. The predicted octanol–water partition coefficient (Wildman–Crippen LogP) is 2.52. The topological polar surface area (TPSA) is 46.4 Å². The number of anilines is 1. The highest BCUT2D eigenvalue weighted by atomic mass is 16.3. The molecule has 116 valence electrons. The second-order valence-electron chi connectivity index (χ2n) is 5.87. The normalized spacial score (nSPS) is 13.0. The summed E-state index contributed by atoms with van der Waals surface area (Å²) < 4.78 is 2.37. The molecular weight excluding hydrogens is 276 g/mol. The summed E-state index contributed by atoms with van der Waals surface area (Å²) in [5, 5.41) is 10.9. The number of carbonyl (C=O) groups excluding carboxylic acids is 1. The molecule has 2 aromatic rings. The Balaban J connectivity index is 0.000000545. The van der Waals surface area contributed by atoms with Crippen molar-refractivity contribution >= 4 is 35.0 Å². The highest BCUT2D eigenvalue weighted by Gasteiger charge is 2.28. The van der Waals surface area contributed by atoms with Crippen molar-refractivity contribution in [2.75, 3.05) is 4.90 Å². The van der Waals surface area contributed by atoms with Gasteiger partial charge in [0.2, 0.25) is 6.34 Å². The maximum Gasteiger partial charge on any atom is 0.244 e. The van der Waals surface area contributed by atoms with Crippen molar-refractivity contribution in [3.05, 3.63) is 36.4 Å². The monoisotopic (exact) mass is 298 g/mol. The van der Waals surface area contributed by atoms with Gasteiger partial charge in [-0.2, -0.15) is 0 Å². The van der Waals surface area contributed by atoms with Gasteiger partial charge in [0.15, 0.2) is 0 Å². The first-order chi connectivity index (χ1) is 10.5. The standard InChI is InChI=1S/C17H21N2.CH2O2/c1-12(2)18-11-19(13(3)4)16-10-6-8-14-7-5-9-15(18)17(14)16;2-1-3/h5-13H,1-4H3;1H,(H,2,3)/q+1;/p-1. The Hall–Kier alpha value is -2.36. The van der Waals surface area contributed by atoms with E-state index in [0.717, 1.165) is 0 Å². The predicted molar refractivity (Wildman–Crippen MR) is 88.7 cm³/mol. The zero-order valence-electron chi connectivity index (χ0n) is 13.5. The largest absolute Gasteiger partial charge is 0.554 e. The van der Waals surface area contributed by atoms with Crippen molar-refractivity contribution in [3.63, 3.8) is 0 Å². The fourth-order valence-electron chi connectivity index (χ4n) is 2.81. The van der Waals surface area contributed by atoms with E-state index < -0.39 is 6.47 Å². The third-order valence-corrected chi connectivity index (χ3v) is 3.78. The lowest BCUT2D eigenvalue weighted by molar-refractivity contribution is -0.471. The van der Waals surface area contributed by atoms with Gasteiger partial charge in [-0.15, -0.1) is 0 Å². The molecule has 0 radical (unpaired) electrons. The van der Waals surface area contributed by atoms with Crippen molar-refractivity contribution < 1.29 is 14.5 Å². The van der Waals surface area contributed by atoms with Gasteiger partial charge in [-0.1, -0.05) is 24.3 Å². The van der Waals surface area contributed by atoms with Crippen LogP contribution in [0.1, 0.15) is 27.7 Å². The smallest absolute Gasteiger partial charge is 0.244 e. The van der Waals surface area contributed by atoms with Crippen LogP contribution in [0, 0.1) is 0 Å². The lowest BCUT2D eigenvalue weighted by Crippen LogP contribution is -2.37. The first-order valence-electron chi connectivity index (χ1n) is 7.50. The molecule has 2 aromatic carbocycles. The summed E-state index contributed by atoms with van der Waals surface area (Å²) in [6, 6.07) is 14.1. The van der Waals surface area contributed by atoms with Crippen molar-refractivity contribution in [2.24, 2.45) is 0 Å². The maximum absolute atomic E-state index is 8.25. The van der Waals surface area contributed by atoms with Crippen LogP contribution < -0.4 is 10.0 Å². The van der Waals surface area contributed by atoms with Crippen LogP contribution in [-0.4, -0.2) is 29.5 Å². The number of carbonyl (C=O) groups is 1. The molecule has 4 nitrogen and oxygen atoms in total. The van der Waals surface area contributed by atoms with Crippen LogP contribution in [0.25, 0.3) is 10.8 Å². The summed E-state index contributed by atoms with van der Waals surface area (Å²) in [5.41, 5.74) is 2.64. The Kier molecular flexibility index (Phi) is 4.81. The van der Waals surface area contributed by atoms with E-state index in [0.29, 0.717) is 12.1 Å². The van der Waals surface area contributed by atoms with Gasteiger partial charge in [-0.05, 0) is 45.2 Å². The molecule has 0 amide bonds. The number of benzene rings is 2. The highest BCUT2D eigenvalue weighted by Crippen LogP contribution is 2.38. The lowest BCUT2D eigenvalue weighted by Gasteiger charge is -2.27. The molecule has 4 heteroatoms. The first-order valence-corrected chi connectivity index (χ1v) is 7.50. The highest BCUT2D eigenvalue weighted by molar-refractivity contribution is 6.06. The fraction of sp³-hybridized carbons (Fsp3) is 0.333. The molecule has 0 unspecified atom stereocenters. The van der Waals surface area contributed by atoms with Gasteiger partial charge in [-0.3, -0.25) is 0 Å². The third kappa shape index (κ3) is 2.82. The van der Waals surface area contributed by atoms with Gasteiger partial charge >= 0.3 is 0 Å². The molecule has 3 rings (SSSR count). The van der Waals surface area contributed by atoms with Gasteiger partial charge in [0.05, 0.1) is 17.5 Å². The quantitative estimate of drug-likeness (QED) is 0.632. The second-order valence-corrected chi connectivity index (χ2v) is 5.87. The van der Waals surface area contributed by atoms with E-state index in [2.05, 4.69) is 79.9 Å². The molecule has 0 spiro atoms. The second kappa shape index (κ2) is 6.60. The van der Waals surface area contributed by atoms with Crippen LogP contribution in [0.2, 0.25) is 0 Å². The maximum atomic E-state index is 8.25. The van der Waals surface area contributed by atoms with E-state index in [1.165, 1.54) is 22.1 Å². The average molecular weight is 298 g/mol. The van der Waals surface area contributed by atoms with Crippen LogP contribution in [0.5, 0.6) is 0 Å². The zero-order valence-corrected chi connectivity index (χ0v) is 13.5. The Labute approximate surface area is 131 Å². The van der Waals surface area contributed by atoms with Crippen molar-refractivity contribution in [1.82, 2.24) is 0 Å². The Bertz CT molecular complexity index is 700. The van der Waals surface area contributed by atoms with Crippen LogP contribution in [-0.2, 0) is 4.79 Å². The summed E-state index contributed by atoms with van der Waals surface area (Å²) in [7, 11) is 0. The van der Waals surface area contributed by atoms with E-state index in [1.807, 2.05) is 0 Å². The van der Waals surface area contributed by atoms with E-state index in [4.69, 9.17) is 9.90 Å². The van der Waals surface area contributed by atoms with Gasteiger partial charge < -0.3 is 9.90 Å². The SMILES string of the molecule is CC(C)N1C=[N+](C(C)C)c2cccc3cccc1c23.O=C[O-]. The Morgan fingerprint density at radius 3 is 2.23 bits per heavy atom. The Morgan fingerprint density at radius 2 is 1.68 bits per heavy atom. The summed E-state index contributed by atoms with van der Waals surface area (Å²) in [6.07, 6.45) is 2.26. The minimum absolute atomic E-state index is 0.459. The van der Waals surface area contributed by atoms with Gasteiger partial charge in [0.25, 0.3) is 0 Å². The molecule has 22 heavy (non-hydrogen) atoms. The van der Waals surface area contributed by atoms with Crippen molar-refractivity contribution in [2.45, 2.75) is 39.8 Å². The van der Waals surface area contributed by atoms with Gasteiger partial charge in [-0.25, -0.2) is 9.48 Å². The first kappa shape index (κ1) is 16.0. The molecule has 0 saturated heterocycles. The number of carboxylic acid groups (broad SMARTS) is 1. The molecule has 0 aromatic heterocycles. The minimum Gasteiger partial charge on any atom is -0.554 e. The van der Waals surface area contributed by atoms with Crippen LogP contribution >= 0.6 is 0 Å². The molecule has 1 heterocycles. The van der Waals surface area contributed by atoms with Crippen LogP contribution in [0.15, 0.2) is 36.4 Å². The average Bonchev–Trinajstić information content (AvgIpc) is 2.48. The van der Waals surface area contributed by atoms with Gasteiger partial charge in [0.1, 0.15) is 11.4 Å². The lowest BCUT2D eigenvalue weighted by atomic mass is 10.0. The third-order valence-electron chi connectivity index (χ3n) is 3.78. The molecule has 0 aliphatic carbocycles. The van der Waals surface area contributed by atoms with Crippen LogP contribution in [0.4, 0.5) is 11.4 Å². The van der Waals surface area contributed by atoms with Gasteiger partial charge in [0, 0.05) is 6.47 Å². The number of nitrogens with zero attached hydrogens (tertiary/aromatic N) is 2. The van der Waals surface area contributed by atoms with E-state index >= 15 is 0 Å². The summed E-state index contributed by atoms with van der Waals surface area (Å²) in [6.45, 7) is 8.45. The van der Waals surface area contributed by atoms with E-state index in [-0.39, 0.29) is 0 Å². The molecule has 0 bridgehead atoms. The van der Waals surface area contributed by atoms with Crippen molar-refractivity contribution in [1.29, 1.82) is 0 Å². The molecule has 0 saturated carbocycles. The molecule has 1 aliphatic heterocycles. The van der Waals surface area contributed by atoms with Crippen LogP contribution in [0.3, 0.4) is 0 Å². The molecule has 0 fully saturated rings. The van der Waals surface area contributed by atoms with E-state index in [1.54, 1.807) is 0 Å². The molecule has 0 atom stereocenters. The number of hydrogen-bond acceptors (Lipinski definition) is 3. The number of rotatable bonds is 2. The zero-order chi connectivity index (χ0) is 16.3.